The van der Waals surface area contributed by atoms with Gasteiger partial charge in [0.05, 0.1) is 12.5 Å². The van der Waals surface area contributed by atoms with E-state index in [0.717, 1.165) is 28.9 Å². The summed E-state index contributed by atoms with van der Waals surface area (Å²) in [7, 11) is 0. The molecular formula is C26H24FNO3. The van der Waals surface area contributed by atoms with Crippen LogP contribution >= 0.6 is 0 Å². The van der Waals surface area contributed by atoms with Gasteiger partial charge in [-0.2, -0.15) is 4.39 Å². The van der Waals surface area contributed by atoms with Gasteiger partial charge in [-0.15, -0.1) is 0 Å². The Labute approximate surface area is 181 Å². The Morgan fingerprint density at radius 3 is 2.84 bits per heavy atom. The number of rotatable bonds is 6. The number of hydrogen-bond donors (Lipinski definition) is 0. The highest BCUT2D eigenvalue weighted by Crippen LogP contribution is 2.62. The monoisotopic (exact) mass is 417 g/mol. The van der Waals surface area contributed by atoms with Crippen LogP contribution in [0.2, 0.25) is 0 Å². The molecule has 0 saturated heterocycles. The molecule has 3 aromatic rings. The Bertz CT molecular complexity index is 1160. The molecule has 1 heterocycles. The summed E-state index contributed by atoms with van der Waals surface area (Å²) in [5, 5.41) is 0. The van der Waals surface area contributed by atoms with E-state index in [1.165, 1.54) is 17.2 Å². The lowest BCUT2D eigenvalue weighted by Crippen LogP contribution is -2.11. The number of nitrogens with zero attached hydrogens (tertiary/aromatic N) is 1. The summed E-state index contributed by atoms with van der Waals surface area (Å²) in [6.07, 6.45) is 0.910. The summed E-state index contributed by atoms with van der Waals surface area (Å²) in [6, 6.07) is 17.4. The average molecular weight is 417 g/mol. The molecule has 4 nitrogen and oxygen atoms in total. The maximum atomic E-state index is 13.3. The number of esters is 1. The SMILES string of the molecule is CCOC(=O)C1C2Cc3cc(OCc4cccc(-c5ccc(F)nc5C)c4)ccc3C21. The molecule has 0 aliphatic heterocycles. The molecule has 0 spiro atoms. The molecule has 158 valence electrons. The predicted octanol–water partition coefficient (Wildman–Crippen LogP) is 5.22. The van der Waals surface area contributed by atoms with Crippen molar-refractivity contribution in [2.24, 2.45) is 11.8 Å². The second-order valence-electron chi connectivity index (χ2n) is 8.29. The zero-order chi connectivity index (χ0) is 21.5. The molecule has 1 fully saturated rings. The van der Waals surface area contributed by atoms with E-state index in [4.69, 9.17) is 9.47 Å². The smallest absolute Gasteiger partial charge is 0.309 e. The van der Waals surface area contributed by atoms with Crippen molar-refractivity contribution in [3.8, 4) is 16.9 Å². The van der Waals surface area contributed by atoms with E-state index in [2.05, 4.69) is 23.2 Å². The van der Waals surface area contributed by atoms with E-state index >= 15 is 0 Å². The molecule has 0 bridgehead atoms. The average Bonchev–Trinajstić information content (AvgIpc) is 3.34. The molecule has 31 heavy (non-hydrogen) atoms. The van der Waals surface area contributed by atoms with E-state index in [0.29, 0.717) is 30.7 Å². The van der Waals surface area contributed by atoms with Gasteiger partial charge in [0.25, 0.3) is 0 Å². The number of carbonyl (C=O) groups is 1. The lowest BCUT2D eigenvalue weighted by atomic mass is 10.0. The molecule has 1 saturated carbocycles. The van der Waals surface area contributed by atoms with Crippen LogP contribution < -0.4 is 4.74 Å². The van der Waals surface area contributed by atoms with Crippen molar-refractivity contribution in [3.05, 3.63) is 82.9 Å². The molecule has 0 radical (unpaired) electrons. The number of aromatic nitrogens is 1. The van der Waals surface area contributed by atoms with Crippen LogP contribution in [0.4, 0.5) is 4.39 Å². The zero-order valence-electron chi connectivity index (χ0n) is 17.6. The molecule has 2 aliphatic carbocycles. The van der Waals surface area contributed by atoms with Crippen LogP contribution in [0.15, 0.2) is 54.6 Å². The minimum Gasteiger partial charge on any atom is -0.489 e. The highest BCUT2D eigenvalue weighted by molar-refractivity contribution is 5.79. The zero-order valence-corrected chi connectivity index (χ0v) is 17.6. The fourth-order valence-electron chi connectivity index (χ4n) is 4.87. The molecular weight excluding hydrogens is 393 g/mol. The van der Waals surface area contributed by atoms with Crippen LogP contribution in [0.25, 0.3) is 11.1 Å². The molecule has 1 aromatic heterocycles. The minimum absolute atomic E-state index is 0.0337. The van der Waals surface area contributed by atoms with Crippen LogP contribution in [-0.2, 0) is 22.6 Å². The topological polar surface area (TPSA) is 48.4 Å². The van der Waals surface area contributed by atoms with E-state index in [1.54, 1.807) is 6.07 Å². The lowest BCUT2D eigenvalue weighted by Gasteiger charge is -2.12. The number of halogens is 1. The predicted molar refractivity (Wildman–Crippen MR) is 115 cm³/mol. The molecule has 3 atom stereocenters. The Kier molecular flexibility index (Phi) is 4.97. The van der Waals surface area contributed by atoms with Gasteiger partial charge in [0.1, 0.15) is 12.4 Å². The molecule has 5 rings (SSSR count). The number of carbonyl (C=O) groups excluding carboxylic acids is 1. The van der Waals surface area contributed by atoms with Crippen molar-refractivity contribution in [1.29, 1.82) is 0 Å². The van der Waals surface area contributed by atoms with Gasteiger partial charge >= 0.3 is 5.97 Å². The summed E-state index contributed by atoms with van der Waals surface area (Å²) in [5.74, 6) is 1.03. The molecule has 2 aromatic carbocycles. The largest absolute Gasteiger partial charge is 0.489 e. The van der Waals surface area contributed by atoms with Crippen molar-refractivity contribution in [2.75, 3.05) is 6.61 Å². The van der Waals surface area contributed by atoms with Gasteiger partial charge in [-0.1, -0.05) is 24.3 Å². The van der Waals surface area contributed by atoms with Crippen molar-refractivity contribution in [2.45, 2.75) is 32.8 Å². The molecule has 3 unspecified atom stereocenters. The van der Waals surface area contributed by atoms with E-state index in [-0.39, 0.29) is 11.9 Å². The minimum atomic E-state index is -0.469. The normalized spacial score (nSPS) is 20.7. The summed E-state index contributed by atoms with van der Waals surface area (Å²) in [6.45, 7) is 4.54. The van der Waals surface area contributed by atoms with Crippen molar-refractivity contribution in [1.82, 2.24) is 4.98 Å². The third-order valence-electron chi connectivity index (χ3n) is 6.35. The van der Waals surface area contributed by atoms with Crippen LogP contribution in [-0.4, -0.2) is 17.6 Å². The van der Waals surface area contributed by atoms with E-state index in [9.17, 15) is 9.18 Å². The standard InChI is InChI=1S/C26H24FNO3/c1-3-30-26(29)25-22-13-18-12-19(7-8-21(18)24(22)25)31-14-16-5-4-6-17(11-16)20-9-10-23(27)28-15(20)2/h4-12,22,24-25H,3,13-14H2,1-2H3. The van der Waals surface area contributed by atoms with Gasteiger partial charge in [-0.3, -0.25) is 4.79 Å². The molecule has 5 heteroatoms. The van der Waals surface area contributed by atoms with Crippen LogP contribution in [0.1, 0.15) is 35.2 Å². The van der Waals surface area contributed by atoms with Gasteiger partial charge in [0.15, 0.2) is 0 Å². The second-order valence-corrected chi connectivity index (χ2v) is 8.29. The highest BCUT2D eigenvalue weighted by Gasteiger charge is 2.60. The first-order valence-corrected chi connectivity index (χ1v) is 10.7. The van der Waals surface area contributed by atoms with Gasteiger partial charge in [-0.05, 0) is 78.8 Å². The van der Waals surface area contributed by atoms with E-state index in [1.807, 2.05) is 38.1 Å². The maximum Gasteiger partial charge on any atom is 0.309 e. The number of benzene rings is 2. The van der Waals surface area contributed by atoms with Crippen molar-refractivity contribution >= 4 is 5.97 Å². The van der Waals surface area contributed by atoms with Gasteiger partial charge < -0.3 is 9.47 Å². The fraction of sp³-hybridized carbons (Fsp3) is 0.308. The number of fused-ring (bicyclic) bond motifs is 3. The first kappa shape index (κ1) is 19.7. The highest BCUT2D eigenvalue weighted by atomic mass is 19.1. The van der Waals surface area contributed by atoms with Crippen LogP contribution in [0, 0.1) is 24.7 Å². The quantitative estimate of drug-likeness (QED) is 0.407. The first-order valence-electron chi connectivity index (χ1n) is 10.7. The number of aryl methyl sites for hydroxylation is 1. The first-order chi connectivity index (χ1) is 15.0. The fourth-order valence-corrected chi connectivity index (χ4v) is 4.87. The third kappa shape index (κ3) is 3.69. The Hall–Kier alpha value is -3.21. The molecule has 2 aliphatic rings. The van der Waals surface area contributed by atoms with Crippen LogP contribution in [0.3, 0.4) is 0 Å². The summed E-state index contributed by atoms with van der Waals surface area (Å²) >= 11 is 0. The summed E-state index contributed by atoms with van der Waals surface area (Å²) < 4.78 is 24.6. The Balaban J connectivity index is 1.26. The lowest BCUT2D eigenvalue weighted by molar-refractivity contribution is -0.145. The van der Waals surface area contributed by atoms with Crippen molar-refractivity contribution < 1.29 is 18.7 Å². The Morgan fingerprint density at radius 2 is 2.03 bits per heavy atom. The van der Waals surface area contributed by atoms with E-state index < -0.39 is 5.95 Å². The maximum absolute atomic E-state index is 13.3. The van der Waals surface area contributed by atoms with Gasteiger partial charge in [-0.25, -0.2) is 4.98 Å². The molecule has 0 amide bonds. The molecule has 0 N–H and O–H groups in total. The number of hydrogen-bond acceptors (Lipinski definition) is 4. The summed E-state index contributed by atoms with van der Waals surface area (Å²) in [4.78, 5) is 16.0. The number of pyridine rings is 1. The number of ether oxygens (including phenoxy) is 2. The summed E-state index contributed by atoms with van der Waals surface area (Å²) in [5.41, 5.74) is 6.14. The van der Waals surface area contributed by atoms with Gasteiger partial charge in [0, 0.05) is 17.2 Å². The van der Waals surface area contributed by atoms with Crippen LogP contribution in [0.5, 0.6) is 5.75 Å². The van der Waals surface area contributed by atoms with Crippen molar-refractivity contribution in [3.63, 3.8) is 0 Å². The third-order valence-corrected chi connectivity index (χ3v) is 6.35. The second kappa shape index (κ2) is 7.80. The van der Waals surface area contributed by atoms with Gasteiger partial charge in [0.2, 0.25) is 5.95 Å². The Morgan fingerprint density at radius 1 is 1.16 bits per heavy atom.